The molecule has 18 heavy (non-hydrogen) atoms. The lowest BCUT2D eigenvalue weighted by atomic mass is 10.2. The molecule has 2 rings (SSSR count). The maximum atomic E-state index is 12.2. The van der Waals surface area contributed by atoms with Crippen LogP contribution in [0.3, 0.4) is 0 Å². The van der Waals surface area contributed by atoms with Crippen molar-refractivity contribution in [3.05, 3.63) is 30.5 Å². The minimum absolute atomic E-state index is 0.0669. The molecule has 0 atom stereocenters. The van der Waals surface area contributed by atoms with Gasteiger partial charge < -0.3 is 9.30 Å². The van der Waals surface area contributed by atoms with Crippen molar-refractivity contribution in [2.45, 2.75) is 26.1 Å². The molecule has 0 saturated heterocycles. The average Bonchev–Trinajstić information content (AvgIpc) is 2.70. The van der Waals surface area contributed by atoms with Gasteiger partial charge in [-0.3, -0.25) is 0 Å². The summed E-state index contributed by atoms with van der Waals surface area (Å²) in [6.07, 6.45) is -3.29. The molecule has 0 fully saturated rings. The predicted molar refractivity (Wildman–Crippen MR) is 63.8 cm³/mol. The van der Waals surface area contributed by atoms with Gasteiger partial charge in [-0.1, -0.05) is 6.07 Å². The van der Waals surface area contributed by atoms with Gasteiger partial charge in [0, 0.05) is 18.1 Å². The number of alkyl halides is 3. The van der Waals surface area contributed by atoms with Crippen LogP contribution in [-0.2, 0) is 6.54 Å². The van der Waals surface area contributed by atoms with Crippen LogP contribution in [0.1, 0.15) is 13.3 Å². The first-order valence-corrected chi connectivity index (χ1v) is 5.78. The van der Waals surface area contributed by atoms with Gasteiger partial charge in [-0.2, -0.15) is 13.2 Å². The van der Waals surface area contributed by atoms with Crippen molar-refractivity contribution in [2.24, 2.45) is 0 Å². The summed E-state index contributed by atoms with van der Waals surface area (Å²) in [6.45, 7) is 2.34. The van der Waals surface area contributed by atoms with Crippen LogP contribution in [-0.4, -0.2) is 17.4 Å². The summed E-state index contributed by atoms with van der Waals surface area (Å²) in [7, 11) is 0. The Morgan fingerprint density at radius 3 is 2.67 bits per heavy atom. The first kappa shape index (κ1) is 12.8. The lowest BCUT2D eigenvalue weighted by Crippen LogP contribution is -2.11. The SMILES string of the molecule is CCOc1cccc2c1ccn2CCC(F)(F)F. The van der Waals surface area contributed by atoms with Crippen molar-refractivity contribution >= 4 is 10.9 Å². The molecule has 2 aromatic rings. The van der Waals surface area contributed by atoms with E-state index in [1.165, 1.54) is 0 Å². The van der Waals surface area contributed by atoms with E-state index in [0.29, 0.717) is 12.4 Å². The van der Waals surface area contributed by atoms with Crippen LogP contribution >= 0.6 is 0 Å². The molecule has 0 spiro atoms. The summed E-state index contributed by atoms with van der Waals surface area (Å²) in [6, 6.07) is 7.20. The van der Waals surface area contributed by atoms with E-state index in [1.54, 1.807) is 29.0 Å². The van der Waals surface area contributed by atoms with E-state index in [9.17, 15) is 13.2 Å². The van der Waals surface area contributed by atoms with Crippen LogP contribution in [0.25, 0.3) is 10.9 Å². The van der Waals surface area contributed by atoms with Crippen molar-refractivity contribution in [2.75, 3.05) is 6.61 Å². The van der Waals surface area contributed by atoms with Crippen molar-refractivity contribution in [3.63, 3.8) is 0 Å². The molecule has 0 bridgehead atoms. The number of hydrogen-bond donors (Lipinski definition) is 0. The number of aromatic nitrogens is 1. The zero-order chi connectivity index (χ0) is 13.2. The van der Waals surface area contributed by atoms with Crippen molar-refractivity contribution in [1.29, 1.82) is 0 Å². The van der Waals surface area contributed by atoms with Gasteiger partial charge in [0.1, 0.15) is 5.75 Å². The summed E-state index contributed by atoms with van der Waals surface area (Å²) in [5.41, 5.74) is 0.769. The van der Waals surface area contributed by atoms with Crippen LogP contribution < -0.4 is 4.74 Å². The molecule has 0 aliphatic rings. The fourth-order valence-electron chi connectivity index (χ4n) is 1.92. The first-order valence-electron chi connectivity index (χ1n) is 5.78. The Hall–Kier alpha value is -1.65. The van der Waals surface area contributed by atoms with Crippen LogP contribution in [0.4, 0.5) is 13.2 Å². The monoisotopic (exact) mass is 257 g/mol. The van der Waals surface area contributed by atoms with E-state index in [-0.39, 0.29) is 6.54 Å². The van der Waals surface area contributed by atoms with Gasteiger partial charge in [-0.05, 0) is 25.1 Å². The molecule has 1 aromatic carbocycles. The van der Waals surface area contributed by atoms with Crippen LogP contribution in [0.5, 0.6) is 5.75 Å². The summed E-state index contributed by atoms with van der Waals surface area (Å²) < 4.78 is 43.7. The van der Waals surface area contributed by atoms with Gasteiger partial charge in [-0.25, -0.2) is 0 Å². The maximum absolute atomic E-state index is 12.2. The van der Waals surface area contributed by atoms with Crippen LogP contribution in [0.15, 0.2) is 30.5 Å². The predicted octanol–water partition coefficient (Wildman–Crippen LogP) is 3.99. The third-order valence-corrected chi connectivity index (χ3v) is 2.71. The van der Waals surface area contributed by atoms with E-state index in [1.807, 2.05) is 13.0 Å². The Balaban J connectivity index is 2.28. The molecule has 2 nitrogen and oxygen atoms in total. The largest absolute Gasteiger partial charge is 0.493 e. The van der Waals surface area contributed by atoms with E-state index < -0.39 is 12.6 Å². The molecule has 0 amide bonds. The third-order valence-electron chi connectivity index (χ3n) is 2.71. The van der Waals surface area contributed by atoms with Crippen LogP contribution in [0, 0.1) is 0 Å². The number of fused-ring (bicyclic) bond motifs is 1. The minimum atomic E-state index is -4.13. The zero-order valence-electron chi connectivity index (χ0n) is 10.00. The smallest absolute Gasteiger partial charge is 0.390 e. The second-order valence-corrected chi connectivity index (χ2v) is 4.00. The Labute approximate surface area is 103 Å². The average molecular weight is 257 g/mol. The number of aryl methyl sites for hydroxylation is 1. The van der Waals surface area contributed by atoms with Gasteiger partial charge in [0.25, 0.3) is 0 Å². The lowest BCUT2D eigenvalue weighted by molar-refractivity contribution is -0.136. The van der Waals surface area contributed by atoms with Crippen LogP contribution in [0.2, 0.25) is 0 Å². The maximum Gasteiger partial charge on any atom is 0.390 e. The molecule has 0 saturated carbocycles. The zero-order valence-corrected chi connectivity index (χ0v) is 10.00. The van der Waals surface area contributed by atoms with Crippen molar-refractivity contribution in [3.8, 4) is 5.75 Å². The van der Waals surface area contributed by atoms with E-state index in [2.05, 4.69) is 0 Å². The normalized spacial score (nSPS) is 12.0. The number of nitrogens with zero attached hydrogens (tertiary/aromatic N) is 1. The van der Waals surface area contributed by atoms with Gasteiger partial charge in [0.15, 0.2) is 0 Å². The number of hydrogen-bond acceptors (Lipinski definition) is 1. The van der Waals surface area contributed by atoms with E-state index in [4.69, 9.17) is 4.74 Å². The second kappa shape index (κ2) is 4.92. The van der Waals surface area contributed by atoms with Gasteiger partial charge in [0.2, 0.25) is 0 Å². The molecule has 1 aromatic heterocycles. The number of halogens is 3. The molecule has 0 N–H and O–H groups in total. The Morgan fingerprint density at radius 1 is 1.22 bits per heavy atom. The fourth-order valence-corrected chi connectivity index (χ4v) is 1.92. The first-order chi connectivity index (χ1) is 8.51. The third kappa shape index (κ3) is 2.78. The Kier molecular flexibility index (Phi) is 3.50. The molecule has 0 aliphatic heterocycles. The molecule has 98 valence electrons. The van der Waals surface area contributed by atoms with E-state index >= 15 is 0 Å². The molecule has 0 aliphatic carbocycles. The second-order valence-electron chi connectivity index (χ2n) is 4.00. The highest BCUT2D eigenvalue weighted by Crippen LogP contribution is 2.28. The Bertz CT molecular complexity index is 531. The highest BCUT2D eigenvalue weighted by Gasteiger charge is 2.26. The molecule has 0 radical (unpaired) electrons. The Morgan fingerprint density at radius 2 is 2.00 bits per heavy atom. The molecule has 0 unspecified atom stereocenters. The lowest BCUT2D eigenvalue weighted by Gasteiger charge is -2.09. The summed E-state index contributed by atoms with van der Waals surface area (Å²) in [5, 5.41) is 0.849. The van der Waals surface area contributed by atoms with Crippen molar-refractivity contribution < 1.29 is 17.9 Å². The van der Waals surface area contributed by atoms with Gasteiger partial charge >= 0.3 is 6.18 Å². The standard InChI is InChI=1S/C13H14F3NO/c1-2-18-12-5-3-4-11-10(12)6-8-17(11)9-7-13(14,15)16/h3-6,8H,2,7,9H2,1H3. The number of ether oxygens (including phenoxy) is 1. The fraction of sp³-hybridized carbons (Fsp3) is 0.385. The topological polar surface area (TPSA) is 14.2 Å². The quantitative estimate of drug-likeness (QED) is 0.807. The number of rotatable bonds is 4. The molecular formula is C13H14F3NO. The van der Waals surface area contributed by atoms with Gasteiger partial charge in [-0.15, -0.1) is 0 Å². The van der Waals surface area contributed by atoms with Gasteiger partial charge in [0.05, 0.1) is 18.5 Å². The number of benzene rings is 1. The van der Waals surface area contributed by atoms with E-state index in [0.717, 1.165) is 10.9 Å². The summed E-state index contributed by atoms with van der Waals surface area (Å²) in [5.74, 6) is 0.709. The van der Waals surface area contributed by atoms with Crippen molar-refractivity contribution in [1.82, 2.24) is 4.57 Å². The highest BCUT2D eigenvalue weighted by atomic mass is 19.4. The summed E-state index contributed by atoms with van der Waals surface area (Å²) in [4.78, 5) is 0. The minimum Gasteiger partial charge on any atom is -0.493 e. The highest BCUT2D eigenvalue weighted by molar-refractivity contribution is 5.86. The molecular weight excluding hydrogens is 243 g/mol. The summed E-state index contributed by atoms with van der Waals surface area (Å²) >= 11 is 0. The molecule has 5 heteroatoms. The molecule has 1 heterocycles.